The van der Waals surface area contributed by atoms with Crippen LogP contribution in [0.2, 0.25) is 0 Å². The van der Waals surface area contributed by atoms with Gasteiger partial charge in [-0.05, 0) is 23.8 Å². The molecule has 4 N–H and O–H groups in total. The Bertz CT molecular complexity index is 376. The lowest BCUT2D eigenvalue weighted by atomic mass is 10.0. The summed E-state index contributed by atoms with van der Waals surface area (Å²) in [5.41, 5.74) is 2.07. The van der Waals surface area contributed by atoms with Crippen LogP contribution in [-0.2, 0) is 4.79 Å². The van der Waals surface area contributed by atoms with Gasteiger partial charge in [0.25, 0.3) is 11.8 Å². The fraction of sp³-hybridized carbons (Fsp3) is 0.455. The van der Waals surface area contributed by atoms with Crippen molar-refractivity contribution in [3.63, 3.8) is 0 Å². The Hall–Kier alpha value is -1.40. The Morgan fingerprint density at radius 2 is 2.18 bits per heavy atom. The number of amides is 2. The Morgan fingerprint density at radius 3 is 2.65 bits per heavy atom. The molecule has 1 aromatic heterocycles. The Balaban J connectivity index is 2.66. The van der Waals surface area contributed by atoms with Crippen LogP contribution in [0.3, 0.4) is 0 Å². The number of hydrazine groups is 1. The molecule has 0 radical (unpaired) electrons. The van der Waals surface area contributed by atoms with Gasteiger partial charge in [-0.2, -0.15) is 0 Å². The lowest BCUT2D eigenvalue weighted by Crippen LogP contribution is -2.49. The van der Waals surface area contributed by atoms with Gasteiger partial charge < -0.3 is 5.32 Å². The van der Waals surface area contributed by atoms with Gasteiger partial charge in [-0.15, -0.1) is 11.3 Å². The standard InChI is InChI=1S/C11H17N3O2S/c1-7(2)6-8(10(15)14-12)13-11(16)9-4-3-5-17-9/h3-5,7-8H,6,12H2,1-2H3,(H,13,16)(H,14,15)/t8-/m0/s1. The minimum Gasteiger partial charge on any atom is -0.339 e. The van der Waals surface area contributed by atoms with Crippen LogP contribution in [-0.4, -0.2) is 17.9 Å². The summed E-state index contributed by atoms with van der Waals surface area (Å²) >= 11 is 1.34. The number of carbonyl (C=O) groups is 2. The predicted octanol–water partition coefficient (Wildman–Crippen LogP) is 0.883. The highest BCUT2D eigenvalue weighted by atomic mass is 32.1. The second-order valence-corrected chi connectivity index (χ2v) is 5.09. The van der Waals surface area contributed by atoms with Crippen LogP contribution in [0, 0.1) is 5.92 Å². The van der Waals surface area contributed by atoms with Gasteiger partial charge >= 0.3 is 0 Å². The Morgan fingerprint density at radius 1 is 1.47 bits per heavy atom. The molecule has 1 aromatic rings. The van der Waals surface area contributed by atoms with E-state index in [1.165, 1.54) is 11.3 Å². The second-order valence-electron chi connectivity index (χ2n) is 4.14. The van der Waals surface area contributed by atoms with E-state index in [1.54, 1.807) is 12.1 Å². The molecule has 94 valence electrons. The molecule has 1 heterocycles. The van der Waals surface area contributed by atoms with E-state index >= 15 is 0 Å². The van der Waals surface area contributed by atoms with Gasteiger partial charge in [-0.1, -0.05) is 19.9 Å². The highest BCUT2D eigenvalue weighted by Crippen LogP contribution is 2.10. The first kappa shape index (κ1) is 13.7. The Kier molecular flexibility index (Phi) is 5.11. The zero-order chi connectivity index (χ0) is 12.8. The number of nitrogens with two attached hydrogens (primary N) is 1. The number of carbonyl (C=O) groups excluding carboxylic acids is 2. The van der Waals surface area contributed by atoms with Gasteiger partial charge in [0.2, 0.25) is 0 Å². The van der Waals surface area contributed by atoms with Gasteiger partial charge in [-0.25, -0.2) is 5.84 Å². The summed E-state index contributed by atoms with van der Waals surface area (Å²) in [4.78, 5) is 23.9. The molecule has 0 unspecified atom stereocenters. The Labute approximate surface area is 104 Å². The van der Waals surface area contributed by atoms with Gasteiger partial charge in [0.05, 0.1) is 4.88 Å². The second kappa shape index (κ2) is 6.36. The lowest BCUT2D eigenvalue weighted by molar-refractivity contribution is -0.123. The molecule has 0 aliphatic carbocycles. The predicted molar refractivity (Wildman–Crippen MR) is 67.4 cm³/mol. The van der Waals surface area contributed by atoms with Gasteiger partial charge in [0, 0.05) is 0 Å². The molecular formula is C11H17N3O2S. The summed E-state index contributed by atoms with van der Waals surface area (Å²) in [6.07, 6.45) is 0.556. The third-order valence-corrected chi connectivity index (χ3v) is 3.08. The number of hydrogen-bond donors (Lipinski definition) is 3. The smallest absolute Gasteiger partial charge is 0.261 e. The zero-order valence-electron chi connectivity index (χ0n) is 9.90. The summed E-state index contributed by atoms with van der Waals surface area (Å²) in [5, 5.41) is 4.50. The van der Waals surface area contributed by atoms with Crippen LogP contribution >= 0.6 is 11.3 Å². The highest BCUT2D eigenvalue weighted by Gasteiger charge is 2.21. The molecule has 0 aromatic carbocycles. The largest absolute Gasteiger partial charge is 0.339 e. The maximum absolute atomic E-state index is 11.8. The molecule has 0 saturated heterocycles. The molecule has 6 heteroatoms. The molecule has 17 heavy (non-hydrogen) atoms. The van der Waals surface area contributed by atoms with Crippen molar-refractivity contribution >= 4 is 23.2 Å². The van der Waals surface area contributed by atoms with E-state index in [9.17, 15) is 9.59 Å². The minimum absolute atomic E-state index is 0.241. The fourth-order valence-corrected chi connectivity index (χ4v) is 2.07. The molecule has 2 amide bonds. The third kappa shape index (κ3) is 4.16. The fourth-order valence-electron chi connectivity index (χ4n) is 1.44. The first-order chi connectivity index (χ1) is 8.04. The maximum atomic E-state index is 11.8. The van der Waals surface area contributed by atoms with E-state index in [2.05, 4.69) is 10.7 Å². The third-order valence-electron chi connectivity index (χ3n) is 2.22. The molecule has 0 aliphatic heterocycles. The molecule has 0 saturated carbocycles. The van der Waals surface area contributed by atoms with Crippen LogP contribution in [0.15, 0.2) is 17.5 Å². The van der Waals surface area contributed by atoms with Crippen LogP contribution < -0.4 is 16.6 Å². The summed E-state index contributed by atoms with van der Waals surface area (Å²) in [6, 6.07) is 2.92. The molecule has 5 nitrogen and oxygen atoms in total. The average Bonchev–Trinajstić information content (AvgIpc) is 2.79. The topological polar surface area (TPSA) is 84.2 Å². The number of thiophene rings is 1. The van der Waals surface area contributed by atoms with E-state index in [0.717, 1.165) is 0 Å². The number of rotatable bonds is 5. The van der Waals surface area contributed by atoms with Crippen molar-refractivity contribution in [1.82, 2.24) is 10.7 Å². The molecule has 0 aliphatic rings. The lowest BCUT2D eigenvalue weighted by Gasteiger charge is -2.18. The average molecular weight is 255 g/mol. The van der Waals surface area contributed by atoms with Crippen LogP contribution in [0.5, 0.6) is 0 Å². The van der Waals surface area contributed by atoms with E-state index < -0.39 is 6.04 Å². The van der Waals surface area contributed by atoms with Crippen molar-refractivity contribution in [2.24, 2.45) is 11.8 Å². The van der Waals surface area contributed by atoms with Crippen LogP contribution in [0.1, 0.15) is 29.9 Å². The van der Waals surface area contributed by atoms with E-state index in [-0.39, 0.29) is 11.8 Å². The molecule has 1 atom stereocenters. The monoisotopic (exact) mass is 255 g/mol. The minimum atomic E-state index is -0.588. The normalized spacial score (nSPS) is 12.2. The van der Waals surface area contributed by atoms with E-state index in [1.807, 2.05) is 19.2 Å². The molecular weight excluding hydrogens is 238 g/mol. The van der Waals surface area contributed by atoms with E-state index in [4.69, 9.17) is 5.84 Å². The first-order valence-electron chi connectivity index (χ1n) is 5.39. The van der Waals surface area contributed by atoms with Crippen molar-refractivity contribution in [3.05, 3.63) is 22.4 Å². The molecule has 0 bridgehead atoms. The van der Waals surface area contributed by atoms with Crippen molar-refractivity contribution in [1.29, 1.82) is 0 Å². The summed E-state index contributed by atoms with van der Waals surface area (Å²) < 4.78 is 0. The van der Waals surface area contributed by atoms with Gasteiger partial charge in [-0.3, -0.25) is 15.0 Å². The van der Waals surface area contributed by atoms with E-state index in [0.29, 0.717) is 17.2 Å². The maximum Gasteiger partial charge on any atom is 0.261 e. The molecule has 0 spiro atoms. The first-order valence-corrected chi connectivity index (χ1v) is 6.27. The summed E-state index contributed by atoms with van der Waals surface area (Å²) in [6.45, 7) is 3.96. The SMILES string of the molecule is CC(C)C[C@H](NC(=O)c1cccs1)C(=O)NN. The van der Waals surface area contributed by atoms with Crippen LogP contribution in [0.4, 0.5) is 0 Å². The summed E-state index contributed by atoms with van der Waals surface area (Å²) in [7, 11) is 0. The molecule has 1 rings (SSSR count). The number of hydrogen-bond acceptors (Lipinski definition) is 4. The zero-order valence-corrected chi connectivity index (χ0v) is 10.7. The van der Waals surface area contributed by atoms with Crippen molar-refractivity contribution in [3.8, 4) is 0 Å². The van der Waals surface area contributed by atoms with Crippen molar-refractivity contribution < 1.29 is 9.59 Å². The van der Waals surface area contributed by atoms with Gasteiger partial charge in [0.15, 0.2) is 0 Å². The van der Waals surface area contributed by atoms with Crippen molar-refractivity contribution in [2.75, 3.05) is 0 Å². The van der Waals surface area contributed by atoms with Gasteiger partial charge in [0.1, 0.15) is 6.04 Å². The van der Waals surface area contributed by atoms with Crippen LogP contribution in [0.25, 0.3) is 0 Å². The number of nitrogens with one attached hydrogen (secondary N) is 2. The molecule has 0 fully saturated rings. The van der Waals surface area contributed by atoms with Crippen molar-refractivity contribution in [2.45, 2.75) is 26.3 Å². The quantitative estimate of drug-likeness (QED) is 0.415. The summed E-state index contributed by atoms with van der Waals surface area (Å²) in [5.74, 6) is 4.77. The highest BCUT2D eigenvalue weighted by molar-refractivity contribution is 7.12.